The van der Waals surface area contributed by atoms with E-state index in [2.05, 4.69) is 32.2 Å². The van der Waals surface area contributed by atoms with E-state index in [1.807, 2.05) is 0 Å². The summed E-state index contributed by atoms with van der Waals surface area (Å²) in [5, 5.41) is 12.9. The van der Waals surface area contributed by atoms with Gasteiger partial charge in [0.15, 0.2) is 0 Å². The fraction of sp³-hybridized carbons (Fsp3) is 0.692. The summed E-state index contributed by atoms with van der Waals surface area (Å²) in [6, 6.07) is 2.10. The molecule has 3 atom stereocenters. The van der Waals surface area contributed by atoms with Crippen LogP contribution in [0.15, 0.2) is 11.4 Å². The smallest absolute Gasteiger partial charge is 0.0932 e. The summed E-state index contributed by atoms with van der Waals surface area (Å²) in [5.74, 6) is 1.15. The molecule has 0 radical (unpaired) electrons. The van der Waals surface area contributed by atoms with Gasteiger partial charge in [-0.25, -0.2) is 0 Å². The highest BCUT2D eigenvalue weighted by Crippen LogP contribution is 2.45. The maximum atomic E-state index is 10.8. The minimum absolute atomic E-state index is 0.384. The molecule has 0 spiro atoms. The first-order chi connectivity index (χ1) is 7.04. The summed E-state index contributed by atoms with van der Waals surface area (Å²) >= 11 is 1.74. The first-order valence-corrected chi connectivity index (χ1v) is 6.69. The zero-order chi connectivity index (χ0) is 11.1. The molecule has 1 saturated carbocycles. The van der Waals surface area contributed by atoms with Gasteiger partial charge in [0.05, 0.1) is 5.60 Å². The molecule has 0 bridgehead atoms. The highest BCUT2D eigenvalue weighted by atomic mass is 32.1. The van der Waals surface area contributed by atoms with Gasteiger partial charge in [-0.15, -0.1) is 11.3 Å². The van der Waals surface area contributed by atoms with Crippen LogP contribution in [0.25, 0.3) is 0 Å². The Labute approximate surface area is 96.1 Å². The van der Waals surface area contributed by atoms with Crippen molar-refractivity contribution in [2.45, 2.75) is 45.6 Å². The van der Waals surface area contributed by atoms with Crippen molar-refractivity contribution in [1.82, 2.24) is 0 Å². The zero-order valence-corrected chi connectivity index (χ0v) is 10.6. The lowest BCUT2D eigenvalue weighted by Crippen LogP contribution is -2.38. The molecule has 0 amide bonds. The Morgan fingerprint density at radius 2 is 2.20 bits per heavy atom. The molecule has 84 valence electrons. The van der Waals surface area contributed by atoms with Crippen molar-refractivity contribution in [3.05, 3.63) is 21.9 Å². The van der Waals surface area contributed by atoms with Crippen molar-refractivity contribution in [2.24, 2.45) is 11.8 Å². The molecule has 1 nitrogen and oxygen atoms in total. The van der Waals surface area contributed by atoms with E-state index in [9.17, 15) is 5.11 Å². The highest BCUT2D eigenvalue weighted by Gasteiger charge is 2.40. The van der Waals surface area contributed by atoms with Gasteiger partial charge in [-0.1, -0.05) is 13.8 Å². The van der Waals surface area contributed by atoms with Crippen LogP contribution in [0.5, 0.6) is 0 Å². The largest absolute Gasteiger partial charge is 0.385 e. The molecule has 1 aromatic heterocycles. The van der Waals surface area contributed by atoms with Gasteiger partial charge in [-0.2, -0.15) is 0 Å². The molecule has 1 aromatic rings. The van der Waals surface area contributed by atoms with E-state index < -0.39 is 5.60 Å². The lowest BCUT2D eigenvalue weighted by atomic mass is 9.69. The second-order valence-corrected chi connectivity index (χ2v) is 6.22. The quantitative estimate of drug-likeness (QED) is 0.771. The minimum Gasteiger partial charge on any atom is -0.385 e. The number of rotatable bonds is 1. The van der Waals surface area contributed by atoms with E-state index in [4.69, 9.17) is 0 Å². The Bertz CT molecular complexity index is 344. The Morgan fingerprint density at radius 1 is 1.47 bits per heavy atom. The summed E-state index contributed by atoms with van der Waals surface area (Å²) in [7, 11) is 0. The van der Waals surface area contributed by atoms with Gasteiger partial charge in [0.2, 0.25) is 0 Å². The zero-order valence-electron chi connectivity index (χ0n) is 9.79. The SMILES string of the molecule is Cc1sccc1C1(O)CCC(C)CC1C. The van der Waals surface area contributed by atoms with Crippen molar-refractivity contribution in [1.29, 1.82) is 0 Å². The fourth-order valence-corrected chi connectivity index (χ4v) is 3.64. The fourth-order valence-electron chi connectivity index (χ4n) is 2.86. The van der Waals surface area contributed by atoms with Crippen molar-refractivity contribution in [3.8, 4) is 0 Å². The molecule has 0 aliphatic heterocycles. The van der Waals surface area contributed by atoms with Crippen LogP contribution in [0.2, 0.25) is 0 Å². The molecule has 1 aliphatic carbocycles. The predicted octanol–water partition coefficient (Wildman–Crippen LogP) is 3.70. The Morgan fingerprint density at radius 3 is 2.73 bits per heavy atom. The normalized spacial score (nSPS) is 36.8. The molecule has 1 fully saturated rings. The van der Waals surface area contributed by atoms with Crippen molar-refractivity contribution in [3.63, 3.8) is 0 Å². The maximum absolute atomic E-state index is 10.8. The van der Waals surface area contributed by atoms with Crippen molar-refractivity contribution >= 4 is 11.3 Å². The van der Waals surface area contributed by atoms with E-state index in [1.54, 1.807) is 11.3 Å². The monoisotopic (exact) mass is 224 g/mol. The molecule has 0 aromatic carbocycles. The molecule has 2 rings (SSSR count). The number of hydrogen-bond donors (Lipinski definition) is 1. The van der Waals surface area contributed by atoms with Crippen molar-refractivity contribution in [2.75, 3.05) is 0 Å². The lowest BCUT2D eigenvalue weighted by molar-refractivity contribution is -0.0588. The van der Waals surface area contributed by atoms with Crippen LogP contribution in [0.1, 0.15) is 43.6 Å². The molecule has 2 heteroatoms. The second kappa shape index (κ2) is 3.91. The van der Waals surface area contributed by atoms with E-state index in [1.165, 1.54) is 10.4 Å². The third-order valence-corrected chi connectivity index (χ3v) is 4.76. The molecule has 3 unspecified atom stereocenters. The van der Waals surface area contributed by atoms with Crippen LogP contribution >= 0.6 is 11.3 Å². The molecular formula is C13H20OS. The topological polar surface area (TPSA) is 20.2 Å². The minimum atomic E-state index is -0.559. The number of hydrogen-bond acceptors (Lipinski definition) is 2. The second-order valence-electron chi connectivity index (χ2n) is 5.10. The van der Waals surface area contributed by atoms with Crippen molar-refractivity contribution < 1.29 is 5.11 Å². The van der Waals surface area contributed by atoms with Crippen LogP contribution < -0.4 is 0 Å². The number of thiophene rings is 1. The molecule has 1 heterocycles. The van der Waals surface area contributed by atoms with E-state index in [0.29, 0.717) is 5.92 Å². The number of aliphatic hydroxyl groups is 1. The van der Waals surface area contributed by atoms with Gasteiger partial charge >= 0.3 is 0 Å². The summed E-state index contributed by atoms with van der Waals surface area (Å²) in [6.45, 7) is 6.59. The molecule has 15 heavy (non-hydrogen) atoms. The average molecular weight is 224 g/mol. The van der Waals surface area contributed by atoms with E-state index >= 15 is 0 Å². The highest BCUT2D eigenvalue weighted by molar-refractivity contribution is 7.10. The Balaban J connectivity index is 2.30. The van der Waals surface area contributed by atoms with Crippen LogP contribution in [0.4, 0.5) is 0 Å². The van der Waals surface area contributed by atoms with Gasteiger partial charge in [-0.3, -0.25) is 0 Å². The molecule has 0 saturated heterocycles. The number of aryl methyl sites for hydroxylation is 1. The predicted molar refractivity (Wildman–Crippen MR) is 65.1 cm³/mol. The van der Waals surface area contributed by atoms with Crippen LogP contribution in [-0.2, 0) is 5.60 Å². The summed E-state index contributed by atoms with van der Waals surface area (Å²) in [5.41, 5.74) is 0.614. The third-order valence-electron chi connectivity index (χ3n) is 3.91. The van der Waals surface area contributed by atoms with Gasteiger partial charge in [0.1, 0.15) is 0 Å². The van der Waals surface area contributed by atoms with Crippen LogP contribution in [0, 0.1) is 18.8 Å². The lowest BCUT2D eigenvalue weighted by Gasteiger charge is -2.41. The average Bonchev–Trinajstić information content (AvgIpc) is 2.59. The van der Waals surface area contributed by atoms with E-state index in [0.717, 1.165) is 25.2 Å². The van der Waals surface area contributed by atoms with Gasteiger partial charge in [0, 0.05) is 4.88 Å². The molecule has 1 aliphatic rings. The first kappa shape index (κ1) is 11.2. The first-order valence-electron chi connectivity index (χ1n) is 5.81. The van der Waals surface area contributed by atoms with E-state index in [-0.39, 0.29) is 0 Å². The summed E-state index contributed by atoms with van der Waals surface area (Å²) < 4.78 is 0. The summed E-state index contributed by atoms with van der Waals surface area (Å²) in [4.78, 5) is 1.28. The van der Waals surface area contributed by atoms with Gasteiger partial charge < -0.3 is 5.11 Å². The molecular weight excluding hydrogens is 204 g/mol. The summed E-state index contributed by atoms with van der Waals surface area (Å²) in [6.07, 6.45) is 3.22. The van der Waals surface area contributed by atoms with Gasteiger partial charge in [-0.05, 0) is 55.0 Å². The third kappa shape index (κ3) is 1.85. The van der Waals surface area contributed by atoms with Gasteiger partial charge in [0.25, 0.3) is 0 Å². The maximum Gasteiger partial charge on any atom is 0.0932 e. The Hall–Kier alpha value is -0.340. The van der Waals surface area contributed by atoms with Crippen LogP contribution in [0.3, 0.4) is 0 Å². The molecule has 1 N–H and O–H groups in total. The Kier molecular flexibility index (Phi) is 2.91. The standard InChI is InChI=1S/C13H20OS/c1-9-4-6-13(14,10(2)8-9)12-5-7-15-11(12)3/h5,7,9-10,14H,4,6,8H2,1-3H3. The van der Waals surface area contributed by atoms with Crippen LogP contribution in [-0.4, -0.2) is 5.11 Å².